The lowest BCUT2D eigenvalue weighted by molar-refractivity contribution is -0.134. The van der Waals surface area contributed by atoms with Crippen LogP contribution in [0, 0.1) is 0 Å². The summed E-state index contributed by atoms with van der Waals surface area (Å²) in [5.74, 6) is 0.374. The highest BCUT2D eigenvalue weighted by Crippen LogP contribution is 2.36. The number of carbonyl (C=O) groups is 2. The van der Waals surface area contributed by atoms with E-state index in [0.717, 1.165) is 0 Å². The van der Waals surface area contributed by atoms with Gasteiger partial charge in [0.1, 0.15) is 17.3 Å². The molecule has 0 aliphatic carbocycles. The number of rotatable bonds is 5. The molecule has 0 fully saturated rings. The fraction of sp³-hybridized carbons (Fsp3) is 0.0952. The summed E-state index contributed by atoms with van der Waals surface area (Å²) in [6, 6.07) is 11.0. The van der Waals surface area contributed by atoms with Gasteiger partial charge in [-0.15, -0.1) is 0 Å². The Morgan fingerprint density at radius 2 is 1.93 bits per heavy atom. The Hall–Kier alpha value is -2.80. The first-order chi connectivity index (χ1) is 14.4. The van der Waals surface area contributed by atoms with Crippen LogP contribution in [0.2, 0.25) is 15.2 Å². The molecule has 3 aromatic rings. The Bertz CT molecular complexity index is 1190. The number of esters is 1. The highest BCUT2D eigenvalue weighted by molar-refractivity contribution is 6.35. The number of hydrogen-bond donors (Lipinski definition) is 0. The fourth-order valence-electron chi connectivity index (χ4n) is 2.80. The number of ketones is 1. The van der Waals surface area contributed by atoms with E-state index in [-0.39, 0.29) is 28.9 Å². The van der Waals surface area contributed by atoms with E-state index >= 15 is 0 Å². The largest absolute Gasteiger partial charge is 0.452 e. The molecule has 0 N–H and O–H groups in total. The first kappa shape index (κ1) is 20.5. The number of aryl methyl sites for hydroxylation is 1. The van der Waals surface area contributed by atoms with Crippen molar-refractivity contribution in [3.05, 3.63) is 80.3 Å². The average molecular weight is 465 g/mol. The topological polar surface area (TPSA) is 78.6 Å². The van der Waals surface area contributed by atoms with Crippen molar-refractivity contribution in [2.24, 2.45) is 0 Å². The van der Waals surface area contributed by atoms with E-state index in [1.807, 2.05) is 0 Å². The maximum Gasteiger partial charge on any atom is 0.311 e. The van der Waals surface area contributed by atoms with Gasteiger partial charge >= 0.3 is 5.97 Å². The first-order valence-corrected chi connectivity index (χ1v) is 9.87. The lowest BCUT2D eigenvalue weighted by atomic mass is 10.1. The van der Waals surface area contributed by atoms with Gasteiger partial charge in [-0.25, -0.2) is 0 Å². The third kappa shape index (κ3) is 4.51. The minimum Gasteiger partial charge on any atom is -0.452 e. The summed E-state index contributed by atoms with van der Waals surface area (Å²) in [5, 5.41) is 4.65. The second kappa shape index (κ2) is 8.52. The molecule has 0 saturated heterocycles. The Morgan fingerprint density at radius 3 is 2.67 bits per heavy atom. The summed E-state index contributed by atoms with van der Waals surface area (Å²) in [4.78, 5) is 24.6. The summed E-state index contributed by atoms with van der Waals surface area (Å²) >= 11 is 17.7. The summed E-state index contributed by atoms with van der Waals surface area (Å²) in [6.07, 6.45) is 1.91. The number of hydrogen-bond acceptors (Lipinski definition) is 6. The third-order valence-electron chi connectivity index (χ3n) is 4.23. The van der Waals surface area contributed by atoms with Gasteiger partial charge < -0.3 is 14.0 Å². The van der Waals surface area contributed by atoms with Crippen LogP contribution < -0.4 is 9.47 Å². The van der Waals surface area contributed by atoms with Crippen molar-refractivity contribution in [2.75, 3.05) is 0 Å². The van der Waals surface area contributed by atoms with Crippen molar-refractivity contribution in [1.82, 2.24) is 5.16 Å². The lowest BCUT2D eigenvalue weighted by Gasteiger charge is -2.05. The Kier molecular flexibility index (Phi) is 5.81. The molecule has 152 valence electrons. The van der Waals surface area contributed by atoms with Crippen LogP contribution in [0.25, 0.3) is 6.08 Å². The summed E-state index contributed by atoms with van der Waals surface area (Å²) < 4.78 is 15.9. The van der Waals surface area contributed by atoms with E-state index in [4.69, 9.17) is 48.8 Å². The van der Waals surface area contributed by atoms with Crippen LogP contribution in [0.15, 0.2) is 52.7 Å². The van der Waals surface area contributed by atoms with Crippen LogP contribution in [0.1, 0.15) is 28.1 Å². The molecule has 30 heavy (non-hydrogen) atoms. The highest BCUT2D eigenvalue weighted by Gasteiger charge is 2.28. The van der Waals surface area contributed by atoms with E-state index in [1.165, 1.54) is 24.3 Å². The molecular formula is C21H12Cl3NO5. The second-order valence-electron chi connectivity index (χ2n) is 6.35. The van der Waals surface area contributed by atoms with Gasteiger partial charge in [0.15, 0.2) is 10.9 Å². The predicted molar refractivity (Wildman–Crippen MR) is 111 cm³/mol. The van der Waals surface area contributed by atoms with E-state index in [0.29, 0.717) is 39.1 Å². The van der Waals surface area contributed by atoms with Gasteiger partial charge in [0.25, 0.3) is 0 Å². The molecule has 6 nitrogen and oxygen atoms in total. The van der Waals surface area contributed by atoms with Gasteiger partial charge in [0, 0.05) is 28.6 Å². The summed E-state index contributed by atoms with van der Waals surface area (Å²) in [6.45, 7) is 0. The first-order valence-electron chi connectivity index (χ1n) is 8.74. The minimum atomic E-state index is -0.476. The molecule has 0 atom stereocenters. The smallest absolute Gasteiger partial charge is 0.311 e. The Morgan fingerprint density at radius 1 is 1.10 bits per heavy atom. The number of benzene rings is 2. The van der Waals surface area contributed by atoms with Gasteiger partial charge in [-0.2, -0.15) is 0 Å². The van der Waals surface area contributed by atoms with Gasteiger partial charge in [0.05, 0.1) is 12.0 Å². The molecule has 1 aliphatic heterocycles. The van der Waals surface area contributed by atoms with E-state index in [2.05, 4.69) is 5.16 Å². The van der Waals surface area contributed by atoms with Crippen molar-refractivity contribution >= 4 is 52.6 Å². The molecule has 4 rings (SSSR count). The molecule has 2 aromatic carbocycles. The standard InChI is InChI=1S/C21H12Cl3NO5/c22-12-2-1-11(16(23)8-12)7-18-21(27)15-5-3-13(9-17(15)29-18)28-20(26)6-4-14-10-19(24)25-30-14/h1-3,5,7-10H,4,6H2/b18-7-. The highest BCUT2D eigenvalue weighted by atomic mass is 35.5. The summed E-state index contributed by atoms with van der Waals surface area (Å²) in [5.41, 5.74) is 0.957. The second-order valence-corrected chi connectivity index (χ2v) is 7.58. The van der Waals surface area contributed by atoms with Crippen LogP contribution >= 0.6 is 34.8 Å². The van der Waals surface area contributed by atoms with Gasteiger partial charge in [-0.05, 0) is 35.9 Å². The molecule has 1 aromatic heterocycles. The summed E-state index contributed by atoms with van der Waals surface area (Å²) in [7, 11) is 0. The zero-order chi connectivity index (χ0) is 21.3. The van der Waals surface area contributed by atoms with Crippen molar-refractivity contribution in [3.63, 3.8) is 0 Å². The van der Waals surface area contributed by atoms with Crippen molar-refractivity contribution in [1.29, 1.82) is 0 Å². The quantitative estimate of drug-likeness (QED) is 0.270. The number of allylic oxidation sites excluding steroid dienone is 1. The van der Waals surface area contributed by atoms with E-state index in [9.17, 15) is 9.59 Å². The maximum atomic E-state index is 12.6. The zero-order valence-electron chi connectivity index (χ0n) is 15.2. The number of Topliss-reactive ketones (excluding diaryl/α,β-unsaturated/α-hetero) is 1. The Balaban J connectivity index is 1.45. The third-order valence-corrected chi connectivity index (χ3v) is 4.97. The molecule has 0 radical (unpaired) electrons. The van der Waals surface area contributed by atoms with Crippen LogP contribution in [0.5, 0.6) is 11.5 Å². The van der Waals surface area contributed by atoms with Crippen LogP contribution in [-0.4, -0.2) is 16.9 Å². The van der Waals surface area contributed by atoms with Crippen molar-refractivity contribution in [2.45, 2.75) is 12.8 Å². The van der Waals surface area contributed by atoms with Crippen molar-refractivity contribution < 1.29 is 23.6 Å². The number of halogens is 3. The minimum absolute atomic E-state index is 0.0720. The molecular weight excluding hydrogens is 453 g/mol. The molecule has 1 aliphatic rings. The molecule has 0 amide bonds. The van der Waals surface area contributed by atoms with Gasteiger partial charge in [0.2, 0.25) is 5.78 Å². The van der Waals surface area contributed by atoms with Crippen LogP contribution in [-0.2, 0) is 11.2 Å². The van der Waals surface area contributed by atoms with Gasteiger partial charge in [-0.3, -0.25) is 9.59 Å². The number of fused-ring (bicyclic) bond motifs is 1. The molecule has 0 unspecified atom stereocenters. The number of ether oxygens (including phenoxy) is 2. The predicted octanol–water partition coefficient (Wildman–Crippen LogP) is 5.79. The molecule has 0 spiro atoms. The number of nitrogens with zero attached hydrogens (tertiary/aromatic N) is 1. The van der Waals surface area contributed by atoms with E-state index in [1.54, 1.807) is 24.3 Å². The van der Waals surface area contributed by atoms with E-state index < -0.39 is 5.97 Å². The average Bonchev–Trinajstić information content (AvgIpc) is 3.25. The maximum absolute atomic E-state index is 12.6. The van der Waals surface area contributed by atoms with Gasteiger partial charge in [-0.1, -0.05) is 46.0 Å². The van der Waals surface area contributed by atoms with Crippen molar-refractivity contribution in [3.8, 4) is 11.5 Å². The zero-order valence-corrected chi connectivity index (χ0v) is 17.4. The SMILES string of the molecule is O=C(CCc1cc(Cl)no1)Oc1ccc2c(c1)O/C(=C\c1ccc(Cl)cc1Cl)C2=O. The number of carbonyl (C=O) groups excluding carboxylic acids is 2. The normalized spacial score (nSPS) is 14.0. The molecule has 0 saturated carbocycles. The molecule has 2 heterocycles. The lowest BCUT2D eigenvalue weighted by Crippen LogP contribution is -2.08. The van der Waals surface area contributed by atoms with Crippen LogP contribution in [0.4, 0.5) is 0 Å². The molecule has 0 bridgehead atoms. The monoisotopic (exact) mass is 463 g/mol. The molecule has 9 heteroatoms. The van der Waals surface area contributed by atoms with Crippen LogP contribution in [0.3, 0.4) is 0 Å². The Labute approximate surface area is 185 Å². The fourth-order valence-corrected chi connectivity index (χ4v) is 3.42. The number of aromatic nitrogens is 1.